The molecule has 0 bridgehead atoms. The number of carboxylic acid groups (broad SMARTS) is 1. The van der Waals surface area contributed by atoms with Crippen molar-refractivity contribution in [2.75, 3.05) is 0 Å². The quantitative estimate of drug-likeness (QED) is 0.479. The summed E-state index contributed by atoms with van der Waals surface area (Å²) in [5.74, 6) is -1.46. The molecule has 0 aliphatic carbocycles. The third kappa shape index (κ3) is 7.59. The summed E-state index contributed by atoms with van der Waals surface area (Å²) in [6, 6.07) is 4.01. The molecule has 5 nitrogen and oxygen atoms in total. The van der Waals surface area contributed by atoms with Gasteiger partial charge in [-0.05, 0) is 42.9 Å². The Balaban J connectivity index is 2.57. The SMILES string of the molecule is CCC(OC(=O)CCCCCC(C)(C)C)c1cc(C(=O)O)ccc1O. The smallest absolute Gasteiger partial charge is 0.335 e. The first-order chi connectivity index (χ1) is 11.6. The van der Waals surface area contributed by atoms with Crippen LogP contribution in [0, 0.1) is 5.41 Å². The van der Waals surface area contributed by atoms with Crippen LogP contribution in [0.3, 0.4) is 0 Å². The summed E-state index contributed by atoms with van der Waals surface area (Å²) in [4.78, 5) is 23.1. The number of carboxylic acids is 1. The van der Waals surface area contributed by atoms with Crippen molar-refractivity contribution in [2.24, 2.45) is 5.41 Å². The molecule has 0 spiro atoms. The van der Waals surface area contributed by atoms with Gasteiger partial charge in [-0.3, -0.25) is 4.79 Å². The maximum atomic E-state index is 12.1. The van der Waals surface area contributed by atoms with Gasteiger partial charge in [-0.2, -0.15) is 0 Å². The Morgan fingerprint density at radius 3 is 2.40 bits per heavy atom. The number of aromatic hydroxyl groups is 1. The number of carbonyl (C=O) groups excluding carboxylic acids is 1. The number of rotatable bonds is 9. The molecular formula is C20H30O5. The van der Waals surface area contributed by atoms with Crippen LogP contribution in [0.4, 0.5) is 0 Å². The van der Waals surface area contributed by atoms with Crippen LogP contribution in [-0.4, -0.2) is 22.2 Å². The van der Waals surface area contributed by atoms with Crippen molar-refractivity contribution in [1.29, 1.82) is 0 Å². The van der Waals surface area contributed by atoms with Gasteiger partial charge in [0.05, 0.1) is 5.56 Å². The largest absolute Gasteiger partial charge is 0.508 e. The fraction of sp³-hybridized carbons (Fsp3) is 0.600. The molecule has 5 heteroatoms. The Hall–Kier alpha value is -2.04. The van der Waals surface area contributed by atoms with Gasteiger partial charge in [0.25, 0.3) is 0 Å². The zero-order chi connectivity index (χ0) is 19.0. The monoisotopic (exact) mass is 350 g/mol. The van der Waals surface area contributed by atoms with Gasteiger partial charge in [0.15, 0.2) is 0 Å². The number of unbranched alkanes of at least 4 members (excludes halogenated alkanes) is 2. The molecule has 1 aromatic carbocycles. The minimum absolute atomic E-state index is 0.0597. The van der Waals surface area contributed by atoms with Crippen molar-refractivity contribution in [3.05, 3.63) is 29.3 Å². The highest BCUT2D eigenvalue weighted by Crippen LogP contribution is 2.31. The molecule has 0 saturated heterocycles. The third-order valence-electron chi connectivity index (χ3n) is 4.07. The number of esters is 1. The van der Waals surface area contributed by atoms with Crippen LogP contribution < -0.4 is 0 Å². The second-order valence-electron chi connectivity index (χ2n) is 7.59. The van der Waals surface area contributed by atoms with Crippen LogP contribution in [-0.2, 0) is 9.53 Å². The Morgan fingerprint density at radius 2 is 1.84 bits per heavy atom. The summed E-state index contributed by atoms with van der Waals surface area (Å²) in [5.41, 5.74) is 0.702. The number of phenolic OH excluding ortho intramolecular Hbond substituents is 1. The predicted molar refractivity (Wildman–Crippen MR) is 96.7 cm³/mol. The average molecular weight is 350 g/mol. The lowest BCUT2D eigenvalue weighted by Crippen LogP contribution is -2.12. The Kier molecular flexibility index (Phi) is 7.94. The van der Waals surface area contributed by atoms with Gasteiger partial charge in [0, 0.05) is 12.0 Å². The van der Waals surface area contributed by atoms with Gasteiger partial charge in [0.1, 0.15) is 11.9 Å². The molecule has 2 N–H and O–H groups in total. The van der Waals surface area contributed by atoms with Crippen molar-refractivity contribution >= 4 is 11.9 Å². The first kappa shape index (κ1) is 21.0. The molecule has 1 unspecified atom stereocenters. The molecule has 25 heavy (non-hydrogen) atoms. The zero-order valence-electron chi connectivity index (χ0n) is 15.7. The topological polar surface area (TPSA) is 83.8 Å². The van der Waals surface area contributed by atoms with Crippen molar-refractivity contribution in [1.82, 2.24) is 0 Å². The average Bonchev–Trinajstić information content (AvgIpc) is 2.51. The van der Waals surface area contributed by atoms with E-state index in [2.05, 4.69) is 20.8 Å². The number of ether oxygens (including phenoxy) is 1. The van der Waals surface area contributed by atoms with Crippen LogP contribution in [0.25, 0.3) is 0 Å². The maximum Gasteiger partial charge on any atom is 0.335 e. The zero-order valence-corrected chi connectivity index (χ0v) is 15.7. The number of phenols is 1. The standard InChI is InChI=1S/C20H30O5/c1-5-17(15-13-14(19(23)24)10-11-16(15)21)25-18(22)9-7-6-8-12-20(2,3)4/h10-11,13,17,21H,5-9,12H2,1-4H3,(H,23,24). The summed E-state index contributed by atoms with van der Waals surface area (Å²) < 4.78 is 5.46. The summed E-state index contributed by atoms with van der Waals surface area (Å²) in [5, 5.41) is 19.0. The number of aromatic carboxylic acids is 1. The predicted octanol–water partition coefficient (Wildman–Crippen LogP) is 5.08. The third-order valence-corrected chi connectivity index (χ3v) is 4.07. The van der Waals surface area contributed by atoms with Crippen LogP contribution in [0.5, 0.6) is 5.75 Å². The number of hydrogen-bond donors (Lipinski definition) is 2. The highest BCUT2D eigenvalue weighted by molar-refractivity contribution is 5.88. The van der Waals surface area contributed by atoms with E-state index in [1.807, 2.05) is 6.92 Å². The lowest BCUT2D eigenvalue weighted by molar-refractivity contribution is -0.149. The molecule has 0 fully saturated rings. The van der Waals surface area contributed by atoms with E-state index >= 15 is 0 Å². The number of benzene rings is 1. The maximum absolute atomic E-state index is 12.1. The lowest BCUT2D eigenvalue weighted by Gasteiger charge is -2.19. The minimum Gasteiger partial charge on any atom is -0.508 e. The lowest BCUT2D eigenvalue weighted by atomic mass is 9.89. The number of carbonyl (C=O) groups is 2. The van der Waals surface area contributed by atoms with Crippen LogP contribution in [0.15, 0.2) is 18.2 Å². The van der Waals surface area contributed by atoms with E-state index in [1.165, 1.54) is 18.2 Å². The van der Waals surface area contributed by atoms with Crippen molar-refractivity contribution in [3.8, 4) is 5.75 Å². The van der Waals surface area contributed by atoms with E-state index in [0.717, 1.165) is 25.7 Å². The van der Waals surface area contributed by atoms with Crippen molar-refractivity contribution < 1.29 is 24.5 Å². The summed E-state index contributed by atoms with van der Waals surface area (Å²) in [6.07, 6.45) is 4.11. The highest BCUT2D eigenvalue weighted by Gasteiger charge is 2.20. The van der Waals surface area contributed by atoms with Crippen LogP contribution >= 0.6 is 0 Å². The second-order valence-corrected chi connectivity index (χ2v) is 7.59. The van der Waals surface area contributed by atoms with Gasteiger partial charge in [-0.15, -0.1) is 0 Å². The molecule has 1 atom stereocenters. The highest BCUT2D eigenvalue weighted by atomic mass is 16.5. The van der Waals surface area contributed by atoms with E-state index in [9.17, 15) is 14.7 Å². The van der Waals surface area contributed by atoms with Gasteiger partial charge >= 0.3 is 11.9 Å². The second kappa shape index (κ2) is 9.44. The Morgan fingerprint density at radius 1 is 1.16 bits per heavy atom. The van der Waals surface area contributed by atoms with E-state index in [-0.39, 0.29) is 17.3 Å². The summed E-state index contributed by atoms with van der Waals surface area (Å²) in [6.45, 7) is 8.43. The summed E-state index contributed by atoms with van der Waals surface area (Å²) >= 11 is 0. The molecule has 0 amide bonds. The van der Waals surface area contributed by atoms with E-state index in [4.69, 9.17) is 9.84 Å². The molecule has 0 radical (unpaired) electrons. The van der Waals surface area contributed by atoms with Gasteiger partial charge in [-0.25, -0.2) is 4.79 Å². The first-order valence-corrected chi connectivity index (χ1v) is 8.89. The van der Waals surface area contributed by atoms with Gasteiger partial charge in [0.2, 0.25) is 0 Å². The Bertz CT molecular complexity index is 586. The molecule has 0 saturated carbocycles. The van der Waals surface area contributed by atoms with E-state index < -0.39 is 12.1 Å². The van der Waals surface area contributed by atoms with Crippen LogP contribution in [0.1, 0.15) is 88.2 Å². The molecule has 1 rings (SSSR count). The molecule has 0 aliphatic rings. The summed E-state index contributed by atoms with van der Waals surface area (Å²) in [7, 11) is 0. The van der Waals surface area contributed by atoms with E-state index in [0.29, 0.717) is 23.8 Å². The van der Waals surface area contributed by atoms with Gasteiger partial charge < -0.3 is 14.9 Å². The fourth-order valence-electron chi connectivity index (χ4n) is 2.63. The minimum atomic E-state index is -1.08. The molecule has 140 valence electrons. The molecule has 1 aromatic rings. The van der Waals surface area contributed by atoms with Gasteiger partial charge in [-0.1, -0.05) is 40.5 Å². The molecule has 0 heterocycles. The molecule has 0 aliphatic heterocycles. The fourth-order valence-corrected chi connectivity index (χ4v) is 2.63. The molecular weight excluding hydrogens is 320 g/mol. The van der Waals surface area contributed by atoms with Crippen LogP contribution in [0.2, 0.25) is 0 Å². The Labute approximate surface area is 150 Å². The first-order valence-electron chi connectivity index (χ1n) is 8.89. The molecule has 0 aromatic heterocycles. The van der Waals surface area contributed by atoms with Crippen molar-refractivity contribution in [2.45, 2.75) is 72.3 Å². The van der Waals surface area contributed by atoms with E-state index in [1.54, 1.807) is 0 Å². The number of hydrogen-bond acceptors (Lipinski definition) is 4. The normalized spacial score (nSPS) is 12.6. The van der Waals surface area contributed by atoms with Crippen molar-refractivity contribution in [3.63, 3.8) is 0 Å².